The Kier molecular flexibility index (Phi) is 5.79. The number of piperazine rings is 1. The molecule has 0 N–H and O–H groups in total. The molecule has 0 aromatic heterocycles. The van der Waals surface area contributed by atoms with Gasteiger partial charge in [-0.15, -0.1) is 0 Å². The van der Waals surface area contributed by atoms with Crippen LogP contribution in [0.5, 0.6) is 0 Å². The molecular weight excluding hydrogens is 315 g/mol. The minimum Gasteiger partial charge on any atom is -0.299 e. The molecule has 2 saturated heterocycles. The van der Waals surface area contributed by atoms with Crippen molar-refractivity contribution in [1.29, 1.82) is 0 Å². The van der Waals surface area contributed by atoms with E-state index in [1.807, 2.05) is 6.07 Å². The second kappa shape index (κ2) is 7.85. The lowest BCUT2D eigenvalue weighted by atomic mass is 10.1. The first-order chi connectivity index (χ1) is 11.5. The molecule has 3 rings (SSSR count). The minimum atomic E-state index is -4.08. The van der Waals surface area contributed by atoms with E-state index >= 15 is 0 Å². The average molecular weight is 341 g/mol. The maximum Gasteiger partial charge on any atom is 0.401 e. The maximum atomic E-state index is 12.5. The van der Waals surface area contributed by atoms with Gasteiger partial charge in [0.25, 0.3) is 0 Å². The Bertz CT molecular complexity index is 498. The van der Waals surface area contributed by atoms with Crippen LogP contribution in [0.3, 0.4) is 0 Å². The normalized spacial score (nSPS) is 24.5. The van der Waals surface area contributed by atoms with Crippen molar-refractivity contribution in [3.63, 3.8) is 0 Å². The summed E-state index contributed by atoms with van der Waals surface area (Å²) in [4.78, 5) is 6.38. The molecule has 2 aliphatic rings. The maximum absolute atomic E-state index is 12.5. The molecule has 2 aliphatic heterocycles. The number of nitrogens with zero attached hydrogens (tertiary/aromatic N) is 3. The van der Waals surface area contributed by atoms with Gasteiger partial charge in [-0.25, -0.2) is 0 Å². The van der Waals surface area contributed by atoms with Crippen LogP contribution < -0.4 is 0 Å². The van der Waals surface area contributed by atoms with Crippen molar-refractivity contribution >= 4 is 0 Å². The van der Waals surface area contributed by atoms with Gasteiger partial charge in [0.1, 0.15) is 0 Å². The second-order valence-corrected chi connectivity index (χ2v) is 6.94. The van der Waals surface area contributed by atoms with E-state index in [2.05, 4.69) is 34.1 Å². The number of rotatable bonds is 5. The molecule has 1 atom stereocenters. The van der Waals surface area contributed by atoms with Crippen LogP contribution in [0.2, 0.25) is 0 Å². The lowest BCUT2D eigenvalue weighted by molar-refractivity contribution is -0.149. The third-order valence-corrected chi connectivity index (χ3v) is 5.06. The number of likely N-dealkylation sites (tertiary alicyclic amines) is 1. The van der Waals surface area contributed by atoms with E-state index < -0.39 is 12.7 Å². The highest BCUT2D eigenvalue weighted by atomic mass is 19.4. The average Bonchev–Trinajstić information content (AvgIpc) is 2.96. The Morgan fingerprint density at radius 2 is 1.58 bits per heavy atom. The van der Waals surface area contributed by atoms with Crippen LogP contribution in [0.1, 0.15) is 18.4 Å². The molecule has 134 valence electrons. The highest BCUT2D eigenvalue weighted by Gasteiger charge is 2.33. The van der Waals surface area contributed by atoms with Crippen LogP contribution in [0.4, 0.5) is 13.2 Å². The number of hydrogen-bond acceptors (Lipinski definition) is 3. The third kappa shape index (κ3) is 5.19. The molecule has 2 fully saturated rings. The zero-order valence-electron chi connectivity index (χ0n) is 14.0. The van der Waals surface area contributed by atoms with Crippen LogP contribution in [0.25, 0.3) is 0 Å². The van der Waals surface area contributed by atoms with Gasteiger partial charge < -0.3 is 0 Å². The molecule has 3 nitrogen and oxygen atoms in total. The summed E-state index contributed by atoms with van der Waals surface area (Å²) in [5.41, 5.74) is 1.33. The largest absolute Gasteiger partial charge is 0.401 e. The van der Waals surface area contributed by atoms with Gasteiger partial charge in [0.2, 0.25) is 0 Å². The fraction of sp³-hybridized carbons (Fsp3) is 0.667. The van der Waals surface area contributed by atoms with Crippen molar-refractivity contribution in [3.05, 3.63) is 35.9 Å². The fourth-order valence-electron chi connectivity index (χ4n) is 3.81. The molecule has 6 heteroatoms. The molecular formula is C18H26F3N3. The monoisotopic (exact) mass is 341 g/mol. The first-order valence-electron chi connectivity index (χ1n) is 8.79. The van der Waals surface area contributed by atoms with Crippen molar-refractivity contribution in [2.45, 2.75) is 31.6 Å². The Morgan fingerprint density at radius 3 is 2.25 bits per heavy atom. The van der Waals surface area contributed by atoms with Gasteiger partial charge in [-0.2, -0.15) is 13.2 Å². The first-order valence-corrected chi connectivity index (χ1v) is 8.79. The standard InChI is InChI=1S/C18H26F3N3/c19-18(20,21)15-23-11-9-22(10-12-23)14-17-7-4-8-24(17)13-16-5-2-1-3-6-16/h1-3,5-6,17H,4,7-15H2/t17-/m1/s1. The summed E-state index contributed by atoms with van der Waals surface area (Å²) in [6.45, 7) is 4.82. The van der Waals surface area contributed by atoms with Crippen LogP contribution in [0.15, 0.2) is 30.3 Å². The predicted octanol–water partition coefficient (Wildman–Crippen LogP) is 2.83. The molecule has 0 unspecified atom stereocenters. The van der Waals surface area contributed by atoms with Crippen LogP contribution in [-0.4, -0.2) is 72.7 Å². The Balaban J connectivity index is 1.46. The highest BCUT2D eigenvalue weighted by molar-refractivity contribution is 5.14. The zero-order valence-corrected chi connectivity index (χ0v) is 14.0. The van der Waals surface area contributed by atoms with Crippen molar-refractivity contribution in [1.82, 2.24) is 14.7 Å². The summed E-state index contributed by atoms with van der Waals surface area (Å²) >= 11 is 0. The van der Waals surface area contributed by atoms with Gasteiger partial charge in [0, 0.05) is 45.3 Å². The molecule has 2 heterocycles. The van der Waals surface area contributed by atoms with Crippen LogP contribution in [-0.2, 0) is 6.54 Å². The van der Waals surface area contributed by atoms with E-state index in [4.69, 9.17) is 0 Å². The van der Waals surface area contributed by atoms with E-state index in [1.54, 1.807) is 0 Å². The summed E-state index contributed by atoms with van der Waals surface area (Å²) in [5.74, 6) is 0. The lowest BCUT2D eigenvalue weighted by Crippen LogP contribution is -2.51. The summed E-state index contributed by atoms with van der Waals surface area (Å²) < 4.78 is 37.4. The van der Waals surface area contributed by atoms with Gasteiger partial charge in [-0.05, 0) is 24.9 Å². The van der Waals surface area contributed by atoms with Crippen molar-refractivity contribution < 1.29 is 13.2 Å². The Labute approximate surface area is 142 Å². The van der Waals surface area contributed by atoms with Gasteiger partial charge in [-0.1, -0.05) is 30.3 Å². The molecule has 24 heavy (non-hydrogen) atoms. The molecule has 0 aliphatic carbocycles. The second-order valence-electron chi connectivity index (χ2n) is 6.94. The van der Waals surface area contributed by atoms with E-state index in [-0.39, 0.29) is 0 Å². The minimum absolute atomic E-state index is 0.519. The Morgan fingerprint density at radius 1 is 0.917 bits per heavy atom. The van der Waals surface area contributed by atoms with Crippen molar-refractivity contribution in [3.8, 4) is 0 Å². The van der Waals surface area contributed by atoms with Gasteiger partial charge in [0.05, 0.1) is 6.54 Å². The number of hydrogen-bond donors (Lipinski definition) is 0. The number of alkyl halides is 3. The third-order valence-electron chi connectivity index (χ3n) is 5.06. The van der Waals surface area contributed by atoms with E-state index in [0.717, 1.165) is 32.7 Å². The SMILES string of the molecule is FC(F)(F)CN1CCN(C[C@H]2CCCN2Cc2ccccc2)CC1. The molecule has 1 aromatic rings. The Hall–Kier alpha value is -1.11. The van der Waals surface area contributed by atoms with Crippen LogP contribution >= 0.6 is 0 Å². The molecule has 0 bridgehead atoms. The number of benzene rings is 1. The molecule has 1 aromatic carbocycles. The lowest BCUT2D eigenvalue weighted by Gasteiger charge is -2.37. The number of halogens is 3. The summed E-state index contributed by atoms with van der Waals surface area (Å²) in [5, 5.41) is 0. The fourth-order valence-corrected chi connectivity index (χ4v) is 3.81. The van der Waals surface area contributed by atoms with E-state index in [9.17, 15) is 13.2 Å². The van der Waals surface area contributed by atoms with Gasteiger partial charge in [0.15, 0.2) is 0 Å². The van der Waals surface area contributed by atoms with E-state index in [1.165, 1.54) is 23.3 Å². The molecule has 0 saturated carbocycles. The highest BCUT2D eigenvalue weighted by Crippen LogP contribution is 2.22. The predicted molar refractivity (Wildman–Crippen MR) is 88.8 cm³/mol. The molecule has 0 spiro atoms. The molecule has 0 amide bonds. The van der Waals surface area contributed by atoms with Gasteiger partial charge >= 0.3 is 6.18 Å². The molecule has 0 radical (unpaired) electrons. The van der Waals surface area contributed by atoms with E-state index in [0.29, 0.717) is 19.1 Å². The van der Waals surface area contributed by atoms with Crippen LogP contribution in [0, 0.1) is 0 Å². The van der Waals surface area contributed by atoms with Crippen molar-refractivity contribution in [2.24, 2.45) is 0 Å². The summed E-state index contributed by atoms with van der Waals surface area (Å²) in [6, 6.07) is 11.0. The topological polar surface area (TPSA) is 9.72 Å². The smallest absolute Gasteiger partial charge is 0.299 e. The first kappa shape index (κ1) is 17.7. The van der Waals surface area contributed by atoms with Gasteiger partial charge in [-0.3, -0.25) is 14.7 Å². The van der Waals surface area contributed by atoms with Crippen molar-refractivity contribution in [2.75, 3.05) is 45.8 Å². The summed E-state index contributed by atoms with van der Waals surface area (Å²) in [7, 11) is 0. The summed E-state index contributed by atoms with van der Waals surface area (Å²) in [6.07, 6.45) is -1.68. The quantitative estimate of drug-likeness (QED) is 0.815. The zero-order chi connectivity index (χ0) is 17.0.